The molecular weight excluding hydrogens is 444 g/mol. The molecule has 0 saturated carbocycles. The Morgan fingerprint density at radius 1 is 1.09 bits per heavy atom. The van der Waals surface area contributed by atoms with Crippen molar-refractivity contribution in [2.24, 2.45) is 5.92 Å². The van der Waals surface area contributed by atoms with E-state index in [2.05, 4.69) is 5.32 Å². The van der Waals surface area contributed by atoms with Crippen LogP contribution in [0.1, 0.15) is 44.1 Å². The summed E-state index contributed by atoms with van der Waals surface area (Å²) in [6.45, 7) is 2.07. The SMILES string of the molecule is COc1ccc(C[C@@]2(CCC(=O)N3CCC[C@H](COc4cccc(OC)c4)C3)CCC(=O)N2)cc1. The fourth-order valence-corrected chi connectivity index (χ4v) is 5.15. The van der Waals surface area contributed by atoms with Gasteiger partial charge in [-0.2, -0.15) is 0 Å². The van der Waals surface area contributed by atoms with Gasteiger partial charge in [-0.3, -0.25) is 9.59 Å². The van der Waals surface area contributed by atoms with Gasteiger partial charge in [0.25, 0.3) is 0 Å². The molecule has 7 heteroatoms. The van der Waals surface area contributed by atoms with Crippen LogP contribution in [0.15, 0.2) is 48.5 Å². The van der Waals surface area contributed by atoms with Gasteiger partial charge in [-0.05, 0) is 61.9 Å². The maximum absolute atomic E-state index is 13.2. The number of rotatable bonds is 10. The number of benzene rings is 2. The highest BCUT2D eigenvalue weighted by Gasteiger charge is 2.38. The van der Waals surface area contributed by atoms with Crippen molar-refractivity contribution in [2.45, 2.75) is 50.5 Å². The zero-order chi connectivity index (χ0) is 24.7. The number of hydrogen-bond donors (Lipinski definition) is 1. The summed E-state index contributed by atoms with van der Waals surface area (Å²) in [7, 11) is 3.29. The van der Waals surface area contributed by atoms with Gasteiger partial charge >= 0.3 is 0 Å². The molecule has 35 heavy (non-hydrogen) atoms. The molecule has 0 bridgehead atoms. The van der Waals surface area contributed by atoms with Crippen LogP contribution in [0.5, 0.6) is 17.2 Å². The van der Waals surface area contributed by atoms with Crippen LogP contribution in [0.4, 0.5) is 0 Å². The largest absolute Gasteiger partial charge is 0.497 e. The predicted octanol–water partition coefficient (Wildman–Crippen LogP) is 3.99. The Morgan fingerprint density at radius 3 is 2.57 bits per heavy atom. The molecule has 4 rings (SSSR count). The molecule has 2 aromatic rings. The lowest BCUT2D eigenvalue weighted by Gasteiger charge is -2.34. The van der Waals surface area contributed by atoms with Gasteiger partial charge in [0.1, 0.15) is 17.2 Å². The number of ether oxygens (including phenoxy) is 3. The summed E-state index contributed by atoms with van der Waals surface area (Å²) < 4.78 is 16.5. The fraction of sp³-hybridized carbons (Fsp3) is 0.500. The molecule has 2 aliphatic rings. The van der Waals surface area contributed by atoms with E-state index in [1.165, 1.54) is 0 Å². The summed E-state index contributed by atoms with van der Waals surface area (Å²) in [6.07, 6.45) is 5.08. The van der Waals surface area contributed by atoms with Gasteiger partial charge in [-0.25, -0.2) is 0 Å². The summed E-state index contributed by atoms with van der Waals surface area (Å²) in [5.74, 6) is 2.89. The third-order valence-corrected chi connectivity index (χ3v) is 7.15. The first-order valence-electron chi connectivity index (χ1n) is 12.5. The molecule has 2 fully saturated rings. The van der Waals surface area contributed by atoms with Crippen molar-refractivity contribution in [3.05, 3.63) is 54.1 Å². The van der Waals surface area contributed by atoms with Crippen LogP contribution < -0.4 is 19.5 Å². The van der Waals surface area contributed by atoms with E-state index in [0.717, 1.165) is 48.6 Å². The van der Waals surface area contributed by atoms with E-state index in [1.807, 2.05) is 53.4 Å². The number of piperidine rings is 1. The quantitative estimate of drug-likeness (QED) is 0.556. The molecular formula is C28H36N2O5. The normalized spacial score (nSPS) is 21.9. The Hall–Kier alpha value is -3.22. The predicted molar refractivity (Wildman–Crippen MR) is 134 cm³/mol. The topological polar surface area (TPSA) is 77.1 Å². The van der Waals surface area contributed by atoms with E-state index in [1.54, 1.807) is 14.2 Å². The Kier molecular flexibility index (Phi) is 8.16. The summed E-state index contributed by atoms with van der Waals surface area (Å²) >= 11 is 0. The molecule has 2 heterocycles. The lowest BCUT2D eigenvalue weighted by molar-refractivity contribution is -0.134. The molecule has 0 aromatic heterocycles. The number of carbonyl (C=O) groups excluding carboxylic acids is 2. The summed E-state index contributed by atoms with van der Waals surface area (Å²) in [5.41, 5.74) is 0.764. The molecule has 2 atom stereocenters. The van der Waals surface area contributed by atoms with Crippen LogP contribution in [-0.4, -0.2) is 56.2 Å². The van der Waals surface area contributed by atoms with Crippen molar-refractivity contribution < 1.29 is 23.8 Å². The molecule has 1 N–H and O–H groups in total. The number of likely N-dealkylation sites (tertiary alicyclic amines) is 1. The van der Waals surface area contributed by atoms with Crippen molar-refractivity contribution in [2.75, 3.05) is 33.9 Å². The Balaban J connectivity index is 1.31. The van der Waals surface area contributed by atoms with E-state index < -0.39 is 0 Å². The van der Waals surface area contributed by atoms with Gasteiger partial charge in [-0.1, -0.05) is 18.2 Å². The van der Waals surface area contributed by atoms with Gasteiger partial charge in [0.2, 0.25) is 11.8 Å². The number of carbonyl (C=O) groups is 2. The van der Waals surface area contributed by atoms with Crippen molar-refractivity contribution in [3.63, 3.8) is 0 Å². The first-order chi connectivity index (χ1) is 17.0. The van der Waals surface area contributed by atoms with E-state index in [9.17, 15) is 9.59 Å². The first kappa shape index (κ1) is 24.9. The van der Waals surface area contributed by atoms with Gasteiger partial charge < -0.3 is 24.4 Å². The lowest BCUT2D eigenvalue weighted by Crippen LogP contribution is -2.46. The second-order valence-electron chi connectivity index (χ2n) is 9.69. The van der Waals surface area contributed by atoms with Crippen LogP contribution in [0.2, 0.25) is 0 Å². The van der Waals surface area contributed by atoms with Gasteiger partial charge in [0.15, 0.2) is 0 Å². The Morgan fingerprint density at radius 2 is 1.86 bits per heavy atom. The van der Waals surface area contributed by atoms with E-state index in [0.29, 0.717) is 44.8 Å². The van der Waals surface area contributed by atoms with Crippen LogP contribution in [0.25, 0.3) is 0 Å². The monoisotopic (exact) mass is 480 g/mol. The standard InChI is InChI=1S/C28H36N2O5/c1-33-23-10-8-21(9-11-23)18-28(14-12-26(31)29-28)15-13-27(32)30-16-4-5-22(19-30)20-35-25-7-3-6-24(17-25)34-2/h3,6-11,17,22H,4-5,12-16,18-20H2,1-2H3,(H,29,31)/t22-,28-/m0/s1. The number of nitrogens with one attached hydrogen (secondary N) is 1. The van der Waals surface area contributed by atoms with Crippen LogP contribution in [-0.2, 0) is 16.0 Å². The van der Waals surface area contributed by atoms with Gasteiger partial charge in [-0.15, -0.1) is 0 Å². The van der Waals surface area contributed by atoms with E-state index >= 15 is 0 Å². The first-order valence-corrected chi connectivity index (χ1v) is 12.5. The fourth-order valence-electron chi connectivity index (χ4n) is 5.15. The molecule has 0 radical (unpaired) electrons. The minimum atomic E-state index is -0.369. The lowest BCUT2D eigenvalue weighted by atomic mass is 9.84. The summed E-state index contributed by atoms with van der Waals surface area (Å²) in [6, 6.07) is 15.5. The second-order valence-corrected chi connectivity index (χ2v) is 9.69. The second kappa shape index (κ2) is 11.5. The van der Waals surface area contributed by atoms with Crippen LogP contribution in [0, 0.1) is 5.92 Å². The minimum absolute atomic E-state index is 0.0682. The van der Waals surface area contributed by atoms with Crippen molar-refractivity contribution in [3.8, 4) is 17.2 Å². The Labute approximate surface area is 207 Å². The average molecular weight is 481 g/mol. The van der Waals surface area contributed by atoms with Crippen LogP contribution >= 0.6 is 0 Å². The molecule has 2 saturated heterocycles. The Bertz CT molecular complexity index is 1010. The van der Waals surface area contributed by atoms with Crippen molar-refractivity contribution in [1.82, 2.24) is 10.2 Å². The zero-order valence-corrected chi connectivity index (χ0v) is 20.8. The molecule has 2 amide bonds. The smallest absolute Gasteiger partial charge is 0.222 e. The highest BCUT2D eigenvalue weighted by Crippen LogP contribution is 2.31. The number of hydrogen-bond acceptors (Lipinski definition) is 5. The third kappa shape index (κ3) is 6.68. The molecule has 2 aromatic carbocycles. The molecule has 0 spiro atoms. The van der Waals surface area contributed by atoms with Gasteiger partial charge in [0.05, 0.1) is 20.8 Å². The van der Waals surface area contributed by atoms with E-state index in [4.69, 9.17) is 14.2 Å². The summed E-state index contributed by atoms with van der Waals surface area (Å²) in [5, 5.41) is 3.19. The van der Waals surface area contributed by atoms with Crippen molar-refractivity contribution >= 4 is 11.8 Å². The molecule has 0 aliphatic carbocycles. The molecule has 188 valence electrons. The van der Waals surface area contributed by atoms with Crippen molar-refractivity contribution in [1.29, 1.82) is 0 Å². The van der Waals surface area contributed by atoms with Crippen LogP contribution in [0.3, 0.4) is 0 Å². The minimum Gasteiger partial charge on any atom is -0.497 e. The maximum Gasteiger partial charge on any atom is 0.222 e. The highest BCUT2D eigenvalue weighted by atomic mass is 16.5. The number of methoxy groups -OCH3 is 2. The molecule has 0 unspecified atom stereocenters. The highest BCUT2D eigenvalue weighted by molar-refractivity contribution is 5.80. The maximum atomic E-state index is 13.2. The zero-order valence-electron chi connectivity index (χ0n) is 20.8. The molecule has 7 nitrogen and oxygen atoms in total. The third-order valence-electron chi connectivity index (χ3n) is 7.15. The average Bonchev–Trinajstić information content (AvgIpc) is 3.27. The van der Waals surface area contributed by atoms with Gasteiger partial charge in [0, 0.05) is 43.5 Å². The summed E-state index contributed by atoms with van der Waals surface area (Å²) in [4.78, 5) is 27.2. The van der Waals surface area contributed by atoms with E-state index in [-0.39, 0.29) is 17.4 Å². The number of nitrogens with zero attached hydrogens (tertiary/aromatic N) is 1. The molecule has 2 aliphatic heterocycles. The number of amides is 2.